The molecule has 0 amide bonds. The number of nitrogens with one attached hydrogen (secondary N) is 2. The van der Waals surface area contributed by atoms with Crippen molar-refractivity contribution in [3.63, 3.8) is 0 Å². The highest BCUT2D eigenvalue weighted by Gasteiger charge is 2.54. The monoisotopic (exact) mass is 283 g/mol. The minimum atomic E-state index is -0.351. The summed E-state index contributed by atoms with van der Waals surface area (Å²) in [5, 5.41) is 15.7. The van der Waals surface area contributed by atoms with E-state index in [1.165, 1.54) is 23.9 Å². The molecular weight excluding hydrogens is 262 g/mol. The molecule has 0 aliphatic heterocycles. The van der Waals surface area contributed by atoms with Crippen LogP contribution in [0.15, 0.2) is 24.5 Å². The molecule has 2 aromatic heterocycles. The number of nitrogens with zero attached hydrogens (tertiary/aromatic N) is 1. The summed E-state index contributed by atoms with van der Waals surface area (Å²) in [4.78, 5) is 7.54. The van der Waals surface area contributed by atoms with Crippen LogP contribution in [0.25, 0.3) is 11.0 Å². The van der Waals surface area contributed by atoms with Crippen LogP contribution in [-0.4, -0.2) is 26.7 Å². The molecule has 4 fully saturated rings. The summed E-state index contributed by atoms with van der Waals surface area (Å²) in [5.74, 6) is 2.02. The minimum Gasteiger partial charge on any atom is -0.390 e. The van der Waals surface area contributed by atoms with Crippen molar-refractivity contribution < 1.29 is 5.11 Å². The summed E-state index contributed by atoms with van der Waals surface area (Å²) in [7, 11) is 0. The maximum absolute atomic E-state index is 10.7. The van der Waals surface area contributed by atoms with Crippen molar-refractivity contribution >= 4 is 16.7 Å². The normalized spacial score (nSPS) is 40.8. The van der Waals surface area contributed by atoms with Gasteiger partial charge in [0, 0.05) is 29.5 Å². The molecule has 4 saturated carbocycles. The number of aromatic nitrogens is 2. The number of hydrogen-bond acceptors (Lipinski definition) is 3. The van der Waals surface area contributed by atoms with Gasteiger partial charge in [0.1, 0.15) is 5.65 Å². The molecule has 0 spiro atoms. The van der Waals surface area contributed by atoms with Gasteiger partial charge in [0.15, 0.2) is 0 Å². The summed E-state index contributed by atoms with van der Waals surface area (Å²) in [6.07, 6.45) is 9.41. The highest BCUT2D eigenvalue weighted by molar-refractivity contribution is 5.89. The van der Waals surface area contributed by atoms with Crippen molar-refractivity contribution in [3.05, 3.63) is 24.5 Å². The Bertz CT molecular complexity index is 678. The number of aliphatic hydroxyl groups is 1. The van der Waals surface area contributed by atoms with Gasteiger partial charge in [-0.3, -0.25) is 0 Å². The molecule has 6 rings (SSSR count). The van der Waals surface area contributed by atoms with Gasteiger partial charge < -0.3 is 15.4 Å². The number of rotatable bonds is 2. The molecule has 3 N–H and O–H groups in total. The summed E-state index contributed by atoms with van der Waals surface area (Å²) >= 11 is 0. The van der Waals surface area contributed by atoms with Crippen molar-refractivity contribution in [2.24, 2.45) is 17.8 Å². The van der Waals surface area contributed by atoms with Crippen LogP contribution in [0.5, 0.6) is 0 Å². The molecule has 0 aromatic carbocycles. The Morgan fingerprint density at radius 2 is 2.00 bits per heavy atom. The van der Waals surface area contributed by atoms with Crippen LogP contribution in [0.3, 0.4) is 0 Å². The third-order valence-electron chi connectivity index (χ3n) is 6.02. The number of H-pyrrole nitrogens is 1. The van der Waals surface area contributed by atoms with E-state index < -0.39 is 0 Å². The Morgan fingerprint density at radius 1 is 1.19 bits per heavy atom. The first kappa shape index (κ1) is 12.0. The molecular formula is C17H21N3O. The highest BCUT2D eigenvalue weighted by Crippen LogP contribution is 2.56. The van der Waals surface area contributed by atoms with Crippen molar-refractivity contribution in [1.82, 2.24) is 9.97 Å². The van der Waals surface area contributed by atoms with Crippen LogP contribution in [0.4, 0.5) is 5.69 Å². The third-order valence-corrected chi connectivity index (χ3v) is 6.02. The SMILES string of the molecule is OC12CC3CC(C1)C(Nc1ccnc4[nH]ccc14)C(C3)C2. The van der Waals surface area contributed by atoms with Gasteiger partial charge >= 0.3 is 0 Å². The van der Waals surface area contributed by atoms with E-state index in [-0.39, 0.29) is 5.60 Å². The molecule has 0 saturated heterocycles. The van der Waals surface area contributed by atoms with E-state index in [1.807, 2.05) is 12.4 Å². The van der Waals surface area contributed by atoms with E-state index in [2.05, 4.69) is 27.4 Å². The molecule has 0 radical (unpaired) electrons. The van der Waals surface area contributed by atoms with Gasteiger partial charge in [-0.15, -0.1) is 0 Å². The Kier molecular flexibility index (Phi) is 2.30. The standard InChI is InChI=1S/C17H21N3O/c21-17-7-10-5-11(8-17)15(12(6-10)9-17)20-14-2-4-19-16-13(14)1-3-18-16/h1-4,10-12,15,21H,5-9H2,(H2,18,19,20). The van der Waals surface area contributed by atoms with E-state index in [0.717, 1.165) is 30.8 Å². The molecule has 2 heterocycles. The molecule has 21 heavy (non-hydrogen) atoms. The van der Waals surface area contributed by atoms with Crippen molar-refractivity contribution in [2.75, 3.05) is 5.32 Å². The Hall–Kier alpha value is -1.55. The Balaban J connectivity index is 1.48. The molecule has 2 aromatic rings. The minimum absolute atomic E-state index is 0.351. The van der Waals surface area contributed by atoms with Crippen LogP contribution in [0, 0.1) is 17.8 Å². The maximum Gasteiger partial charge on any atom is 0.139 e. The average Bonchev–Trinajstić information content (AvgIpc) is 2.90. The third kappa shape index (κ3) is 1.75. The second kappa shape index (κ2) is 4.01. The lowest BCUT2D eigenvalue weighted by Crippen LogP contribution is -2.58. The van der Waals surface area contributed by atoms with E-state index in [0.29, 0.717) is 17.9 Å². The number of aromatic amines is 1. The van der Waals surface area contributed by atoms with Gasteiger partial charge in [-0.1, -0.05) is 0 Å². The van der Waals surface area contributed by atoms with Gasteiger partial charge in [0.25, 0.3) is 0 Å². The molecule has 4 bridgehead atoms. The smallest absolute Gasteiger partial charge is 0.139 e. The van der Waals surface area contributed by atoms with E-state index in [4.69, 9.17) is 0 Å². The van der Waals surface area contributed by atoms with Crippen LogP contribution < -0.4 is 5.32 Å². The number of hydrogen-bond donors (Lipinski definition) is 3. The Labute approximate surface area is 124 Å². The first-order valence-corrected chi connectivity index (χ1v) is 8.11. The van der Waals surface area contributed by atoms with Crippen LogP contribution in [0.1, 0.15) is 32.1 Å². The molecule has 110 valence electrons. The number of anilines is 1. The summed E-state index contributed by atoms with van der Waals surface area (Å²) in [6.45, 7) is 0. The molecule has 4 heteroatoms. The van der Waals surface area contributed by atoms with E-state index in [1.54, 1.807) is 0 Å². The summed E-state index contributed by atoms with van der Waals surface area (Å²) in [5.41, 5.74) is 1.78. The molecule has 2 atom stereocenters. The highest BCUT2D eigenvalue weighted by atomic mass is 16.3. The van der Waals surface area contributed by atoms with Gasteiger partial charge in [-0.05, 0) is 62.0 Å². The van der Waals surface area contributed by atoms with Crippen LogP contribution >= 0.6 is 0 Å². The molecule has 4 aliphatic carbocycles. The number of fused-ring (bicyclic) bond motifs is 1. The second-order valence-corrected chi connectivity index (χ2v) is 7.46. The molecule has 2 unspecified atom stereocenters. The quantitative estimate of drug-likeness (QED) is 0.794. The van der Waals surface area contributed by atoms with Crippen LogP contribution in [0.2, 0.25) is 0 Å². The number of pyridine rings is 1. The van der Waals surface area contributed by atoms with Crippen LogP contribution in [-0.2, 0) is 0 Å². The van der Waals surface area contributed by atoms with Crippen molar-refractivity contribution in [2.45, 2.75) is 43.7 Å². The van der Waals surface area contributed by atoms with Gasteiger partial charge in [0.05, 0.1) is 5.60 Å². The first-order chi connectivity index (χ1) is 10.2. The van der Waals surface area contributed by atoms with E-state index >= 15 is 0 Å². The zero-order valence-corrected chi connectivity index (χ0v) is 12.0. The fraction of sp³-hybridized carbons (Fsp3) is 0.588. The van der Waals surface area contributed by atoms with Gasteiger partial charge in [-0.2, -0.15) is 0 Å². The topological polar surface area (TPSA) is 60.9 Å². The van der Waals surface area contributed by atoms with Crippen molar-refractivity contribution in [3.8, 4) is 0 Å². The molecule has 4 nitrogen and oxygen atoms in total. The predicted octanol–water partition coefficient (Wildman–Crippen LogP) is 2.91. The summed E-state index contributed by atoms with van der Waals surface area (Å²) in [6, 6.07) is 4.69. The maximum atomic E-state index is 10.7. The lowest BCUT2D eigenvalue weighted by molar-refractivity contribution is -0.129. The second-order valence-electron chi connectivity index (χ2n) is 7.46. The van der Waals surface area contributed by atoms with Crippen molar-refractivity contribution in [1.29, 1.82) is 0 Å². The van der Waals surface area contributed by atoms with Gasteiger partial charge in [-0.25, -0.2) is 4.98 Å². The zero-order valence-electron chi connectivity index (χ0n) is 12.0. The lowest BCUT2D eigenvalue weighted by Gasteiger charge is -2.58. The van der Waals surface area contributed by atoms with E-state index in [9.17, 15) is 5.11 Å². The predicted molar refractivity (Wildman–Crippen MR) is 82.0 cm³/mol. The average molecular weight is 283 g/mol. The first-order valence-electron chi connectivity index (χ1n) is 8.11. The molecule has 4 aliphatic rings. The largest absolute Gasteiger partial charge is 0.390 e. The summed E-state index contributed by atoms with van der Waals surface area (Å²) < 4.78 is 0. The van der Waals surface area contributed by atoms with Gasteiger partial charge in [0.2, 0.25) is 0 Å². The Morgan fingerprint density at radius 3 is 2.76 bits per heavy atom. The fourth-order valence-electron chi connectivity index (χ4n) is 5.48. The zero-order chi connectivity index (χ0) is 14.0. The fourth-order valence-corrected chi connectivity index (χ4v) is 5.48. The lowest BCUT2D eigenvalue weighted by atomic mass is 9.52.